The Labute approximate surface area is 169 Å². The summed E-state index contributed by atoms with van der Waals surface area (Å²) in [6, 6.07) is 13.8. The second-order valence-electron chi connectivity index (χ2n) is 6.55. The maximum Gasteiger partial charge on any atom is 0.250 e. The van der Waals surface area contributed by atoms with Crippen LogP contribution in [0.25, 0.3) is 5.69 Å². The molecule has 3 aromatic rings. The first-order chi connectivity index (χ1) is 12.8. The highest BCUT2D eigenvalue weighted by molar-refractivity contribution is 5.95. The molecule has 5 N–H and O–H groups in total. The Hall–Kier alpha value is -3.12. The van der Waals surface area contributed by atoms with Gasteiger partial charge in [-0.3, -0.25) is 10.2 Å². The molecular weight excluding hydrogens is 379 g/mol. The standard InChI is InChI=1S/C21H21FN4O.ClH/c1-12-9-18(21(25)27)13(2)26(12)17-7-8-19(22)16(11-17)10-14-3-5-15(6-4-14)20(23)24;/h3-9,11H,10H2,1-2H3,(H3,23,24)(H2,25,27);1H. The number of primary amides is 1. The van der Waals surface area contributed by atoms with Crippen LogP contribution < -0.4 is 11.5 Å². The van der Waals surface area contributed by atoms with Gasteiger partial charge in [0.05, 0.1) is 5.56 Å². The molecule has 0 saturated heterocycles. The molecule has 3 rings (SSSR count). The van der Waals surface area contributed by atoms with Gasteiger partial charge >= 0.3 is 0 Å². The number of carbonyl (C=O) groups is 1. The van der Waals surface area contributed by atoms with Crippen LogP contribution in [-0.2, 0) is 6.42 Å². The summed E-state index contributed by atoms with van der Waals surface area (Å²) >= 11 is 0. The Morgan fingerprint density at radius 1 is 1.07 bits per heavy atom. The van der Waals surface area contributed by atoms with Gasteiger partial charge in [0.2, 0.25) is 0 Å². The highest BCUT2D eigenvalue weighted by Crippen LogP contribution is 2.24. The molecule has 0 radical (unpaired) electrons. The fraction of sp³-hybridized carbons (Fsp3) is 0.143. The quantitative estimate of drug-likeness (QED) is 0.450. The lowest BCUT2D eigenvalue weighted by Crippen LogP contribution is -2.12. The van der Waals surface area contributed by atoms with Crippen LogP contribution in [0.2, 0.25) is 0 Å². The number of nitrogen functional groups attached to an aromatic ring is 1. The lowest BCUT2D eigenvalue weighted by Gasteiger charge is -2.13. The Balaban J connectivity index is 0.00000280. The molecule has 0 spiro atoms. The van der Waals surface area contributed by atoms with Crippen molar-refractivity contribution in [1.82, 2.24) is 4.57 Å². The van der Waals surface area contributed by atoms with Crippen molar-refractivity contribution >= 4 is 24.1 Å². The van der Waals surface area contributed by atoms with E-state index in [0.29, 0.717) is 23.1 Å². The number of nitrogens with two attached hydrogens (primary N) is 2. The summed E-state index contributed by atoms with van der Waals surface area (Å²) in [7, 11) is 0. The lowest BCUT2D eigenvalue weighted by molar-refractivity contribution is 0.0999. The minimum atomic E-state index is -0.484. The normalized spacial score (nSPS) is 10.4. The van der Waals surface area contributed by atoms with Crippen LogP contribution in [0.5, 0.6) is 0 Å². The van der Waals surface area contributed by atoms with Crippen LogP contribution in [0.15, 0.2) is 48.5 Å². The molecule has 2 aromatic carbocycles. The molecule has 7 heteroatoms. The second-order valence-corrected chi connectivity index (χ2v) is 6.55. The van der Waals surface area contributed by atoms with Gasteiger partial charge in [0.25, 0.3) is 5.91 Å². The van der Waals surface area contributed by atoms with Crippen molar-refractivity contribution in [3.63, 3.8) is 0 Å². The van der Waals surface area contributed by atoms with Crippen molar-refractivity contribution in [1.29, 1.82) is 5.41 Å². The van der Waals surface area contributed by atoms with E-state index in [9.17, 15) is 9.18 Å². The summed E-state index contributed by atoms with van der Waals surface area (Å²) in [4.78, 5) is 11.6. The van der Waals surface area contributed by atoms with E-state index in [-0.39, 0.29) is 24.1 Å². The van der Waals surface area contributed by atoms with Crippen molar-refractivity contribution in [2.24, 2.45) is 11.5 Å². The summed E-state index contributed by atoms with van der Waals surface area (Å²) in [5.74, 6) is -0.784. The largest absolute Gasteiger partial charge is 0.384 e. The molecule has 0 bridgehead atoms. The van der Waals surface area contributed by atoms with Crippen LogP contribution >= 0.6 is 12.4 Å². The smallest absolute Gasteiger partial charge is 0.250 e. The number of hydrogen-bond donors (Lipinski definition) is 3. The number of hydrogen-bond acceptors (Lipinski definition) is 2. The fourth-order valence-electron chi connectivity index (χ4n) is 3.27. The number of aromatic nitrogens is 1. The van der Waals surface area contributed by atoms with Gasteiger partial charge in [-0.1, -0.05) is 24.3 Å². The van der Waals surface area contributed by atoms with Crippen LogP contribution in [0.3, 0.4) is 0 Å². The first-order valence-electron chi connectivity index (χ1n) is 8.49. The predicted octanol–water partition coefficient (Wildman–Crippen LogP) is 3.63. The zero-order valence-corrected chi connectivity index (χ0v) is 16.4. The van der Waals surface area contributed by atoms with Crippen molar-refractivity contribution in [2.45, 2.75) is 20.3 Å². The second kappa shape index (κ2) is 8.27. The molecule has 0 aliphatic heterocycles. The summed E-state index contributed by atoms with van der Waals surface area (Å²) in [5, 5.41) is 7.44. The lowest BCUT2D eigenvalue weighted by atomic mass is 10.0. The predicted molar refractivity (Wildman–Crippen MR) is 111 cm³/mol. The Bertz CT molecular complexity index is 1040. The van der Waals surface area contributed by atoms with E-state index in [1.165, 1.54) is 6.07 Å². The van der Waals surface area contributed by atoms with E-state index in [0.717, 1.165) is 22.6 Å². The molecule has 0 unspecified atom stereocenters. The molecule has 0 atom stereocenters. The fourth-order valence-corrected chi connectivity index (χ4v) is 3.27. The maximum atomic E-state index is 14.4. The van der Waals surface area contributed by atoms with E-state index < -0.39 is 5.91 Å². The van der Waals surface area contributed by atoms with Crippen molar-refractivity contribution in [3.05, 3.63) is 88.0 Å². The molecule has 0 saturated carbocycles. The van der Waals surface area contributed by atoms with E-state index in [4.69, 9.17) is 16.9 Å². The molecule has 146 valence electrons. The van der Waals surface area contributed by atoms with Gasteiger partial charge in [-0.2, -0.15) is 0 Å². The Kier molecular flexibility index (Phi) is 6.26. The average molecular weight is 401 g/mol. The topological polar surface area (TPSA) is 97.9 Å². The number of nitrogens with one attached hydrogen (secondary N) is 1. The van der Waals surface area contributed by atoms with Gasteiger partial charge in [-0.05, 0) is 49.2 Å². The number of rotatable bonds is 5. The average Bonchev–Trinajstić information content (AvgIpc) is 2.92. The van der Waals surface area contributed by atoms with Gasteiger partial charge in [0.1, 0.15) is 11.7 Å². The van der Waals surface area contributed by atoms with Gasteiger partial charge in [-0.15, -0.1) is 12.4 Å². The summed E-state index contributed by atoms with van der Waals surface area (Å²) < 4.78 is 16.3. The number of carbonyl (C=O) groups excluding carboxylic acids is 1. The Morgan fingerprint density at radius 3 is 2.25 bits per heavy atom. The van der Waals surface area contributed by atoms with Crippen LogP contribution in [0.1, 0.15) is 38.4 Å². The number of halogens is 2. The highest BCUT2D eigenvalue weighted by atomic mass is 35.5. The van der Waals surface area contributed by atoms with Crippen molar-refractivity contribution in [3.8, 4) is 5.69 Å². The molecule has 1 amide bonds. The molecule has 1 aromatic heterocycles. The van der Waals surface area contributed by atoms with Gasteiger partial charge in [0.15, 0.2) is 0 Å². The van der Waals surface area contributed by atoms with Gasteiger partial charge < -0.3 is 16.0 Å². The monoisotopic (exact) mass is 400 g/mol. The summed E-state index contributed by atoms with van der Waals surface area (Å²) in [5.41, 5.74) is 15.8. The molecule has 0 fully saturated rings. The molecule has 0 aliphatic rings. The Morgan fingerprint density at radius 2 is 1.71 bits per heavy atom. The molecule has 1 heterocycles. The minimum absolute atomic E-state index is 0. The summed E-state index contributed by atoms with van der Waals surface area (Å²) in [6.45, 7) is 3.69. The van der Waals surface area contributed by atoms with Crippen LogP contribution in [0, 0.1) is 25.1 Å². The number of nitrogens with zero attached hydrogens (tertiary/aromatic N) is 1. The van der Waals surface area contributed by atoms with E-state index in [1.807, 2.05) is 30.5 Å². The first kappa shape index (κ1) is 21.2. The SMILES string of the molecule is Cc1cc(C(N)=O)c(C)n1-c1ccc(F)c(Cc2ccc(C(=N)N)cc2)c1.Cl. The molecule has 28 heavy (non-hydrogen) atoms. The zero-order valence-electron chi connectivity index (χ0n) is 15.6. The first-order valence-corrected chi connectivity index (χ1v) is 8.49. The number of benzene rings is 2. The third-order valence-corrected chi connectivity index (χ3v) is 4.64. The van der Waals surface area contributed by atoms with Crippen molar-refractivity contribution in [2.75, 3.05) is 0 Å². The van der Waals surface area contributed by atoms with Crippen molar-refractivity contribution < 1.29 is 9.18 Å². The molecule has 5 nitrogen and oxygen atoms in total. The van der Waals surface area contributed by atoms with E-state index in [2.05, 4.69) is 0 Å². The highest BCUT2D eigenvalue weighted by Gasteiger charge is 2.15. The summed E-state index contributed by atoms with van der Waals surface area (Å²) in [6.07, 6.45) is 0.403. The minimum Gasteiger partial charge on any atom is -0.384 e. The van der Waals surface area contributed by atoms with Crippen LogP contribution in [-0.4, -0.2) is 16.3 Å². The van der Waals surface area contributed by atoms with E-state index in [1.54, 1.807) is 30.3 Å². The number of aryl methyl sites for hydroxylation is 1. The molecular formula is C21H22ClFN4O. The maximum absolute atomic E-state index is 14.4. The third kappa shape index (κ3) is 4.07. The van der Waals surface area contributed by atoms with Gasteiger partial charge in [0, 0.05) is 29.1 Å². The zero-order chi connectivity index (χ0) is 19.7. The molecule has 0 aliphatic carbocycles. The third-order valence-electron chi connectivity index (χ3n) is 4.64. The van der Waals surface area contributed by atoms with Crippen LogP contribution in [0.4, 0.5) is 4.39 Å². The van der Waals surface area contributed by atoms with E-state index >= 15 is 0 Å². The number of amides is 1. The number of amidine groups is 1. The van der Waals surface area contributed by atoms with Gasteiger partial charge in [-0.25, -0.2) is 4.39 Å².